The fourth-order valence-electron chi connectivity index (χ4n) is 1.46. The van der Waals surface area contributed by atoms with Gasteiger partial charge in [-0.05, 0) is 36.9 Å². The number of halogens is 1. The van der Waals surface area contributed by atoms with Crippen molar-refractivity contribution in [2.24, 2.45) is 0 Å². The van der Waals surface area contributed by atoms with Gasteiger partial charge in [-0.1, -0.05) is 43.9 Å². The molecular weight excluding hydrogens is 298 g/mol. The topological polar surface area (TPSA) is 55.4 Å². The molecule has 1 atom stereocenters. The number of rotatable bonds is 10. The number of carbonyl (C=O) groups excluding carboxylic acids is 2. The summed E-state index contributed by atoms with van der Waals surface area (Å²) in [5.74, 6) is 0. The van der Waals surface area contributed by atoms with E-state index < -0.39 is 10.3 Å². The molecule has 0 aromatic heterocycles. The van der Waals surface area contributed by atoms with E-state index in [-0.39, 0.29) is 0 Å². The second-order valence-corrected chi connectivity index (χ2v) is 6.70. The van der Waals surface area contributed by atoms with Gasteiger partial charge in [0, 0.05) is 13.0 Å². The van der Waals surface area contributed by atoms with Crippen LogP contribution in [0.2, 0.25) is 0 Å². The Morgan fingerprint density at radius 1 is 1.40 bits per heavy atom. The Hall–Kier alpha value is -0.520. The van der Waals surface area contributed by atoms with Crippen molar-refractivity contribution in [2.75, 3.05) is 6.61 Å². The van der Waals surface area contributed by atoms with Crippen LogP contribution in [0.1, 0.15) is 52.9 Å². The number of unbranched alkanes of at least 4 members (excludes halogenated alkanes) is 3. The third kappa shape index (κ3) is 11.3. The van der Waals surface area contributed by atoms with Crippen LogP contribution in [0.5, 0.6) is 0 Å². The lowest BCUT2D eigenvalue weighted by Gasteiger charge is -2.21. The molecule has 0 saturated carbocycles. The van der Waals surface area contributed by atoms with E-state index in [1.165, 1.54) is 12.8 Å². The number of hydrogen-bond donors (Lipinski definition) is 1. The summed E-state index contributed by atoms with van der Waals surface area (Å²) in [4.78, 5) is 22.1. The van der Waals surface area contributed by atoms with E-state index in [0.29, 0.717) is 19.4 Å². The molecule has 6 heteroatoms. The Kier molecular flexibility index (Phi) is 10.9. The van der Waals surface area contributed by atoms with E-state index in [0.717, 1.165) is 29.5 Å². The maximum Gasteiger partial charge on any atom is 0.289 e. The summed E-state index contributed by atoms with van der Waals surface area (Å²) in [6, 6.07) is 0. The van der Waals surface area contributed by atoms with Gasteiger partial charge in [-0.3, -0.25) is 14.9 Å². The zero-order valence-corrected chi connectivity index (χ0v) is 14.0. The fourth-order valence-corrected chi connectivity index (χ4v) is 2.18. The van der Waals surface area contributed by atoms with Gasteiger partial charge in [-0.15, -0.1) is 0 Å². The largest absolute Gasteiger partial charge is 0.360 e. The fraction of sp³-hybridized carbons (Fsp3) is 0.714. The van der Waals surface area contributed by atoms with Crippen molar-refractivity contribution in [3.8, 4) is 0 Å². The van der Waals surface area contributed by atoms with Gasteiger partial charge in [0.05, 0.1) is 0 Å². The van der Waals surface area contributed by atoms with Crippen molar-refractivity contribution >= 4 is 35.0 Å². The molecule has 0 spiro atoms. The van der Waals surface area contributed by atoms with Crippen molar-refractivity contribution in [2.45, 2.75) is 57.9 Å². The number of thioether (sulfide) groups is 1. The summed E-state index contributed by atoms with van der Waals surface area (Å²) in [7, 11) is 0. The molecule has 0 aromatic carbocycles. The Balaban J connectivity index is 3.99. The summed E-state index contributed by atoms with van der Waals surface area (Å²) >= 11 is 7.22. The number of amides is 2. The van der Waals surface area contributed by atoms with Gasteiger partial charge >= 0.3 is 0 Å². The molecule has 0 heterocycles. The number of alkyl halides is 1. The van der Waals surface area contributed by atoms with Crippen LogP contribution in [0.25, 0.3) is 0 Å². The highest BCUT2D eigenvalue weighted by atomic mass is 35.5. The minimum atomic E-state index is -0.755. The van der Waals surface area contributed by atoms with Crippen molar-refractivity contribution in [3.05, 3.63) is 11.0 Å². The monoisotopic (exact) mass is 321 g/mol. The first-order chi connectivity index (χ1) is 9.41. The Labute approximate surface area is 130 Å². The minimum Gasteiger partial charge on any atom is -0.360 e. The highest BCUT2D eigenvalue weighted by molar-refractivity contribution is 8.16. The van der Waals surface area contributed by atoms with Crippen LogP contribution in [0, 0.1) is 0 Å². The van der Waals surface area contributed by atoms with E-state index in [9.17, 15) is 9.59 Å². The van der Waals surface area contributed by atoms with Crippen molar-refractivity contribution in [3.63, 3.8) is 0 Å². The van der Waals surface area contributed by atoms with Crippen LogP contribution in [0.15, 0.2) is 11.0 Å². The number of ether oxygens (including phenoxy) is 1. The molecular formula is C14H24ClNO3S. The molecule has 20 heavy (non-hydrogen) atoms. The van der Waals surface area contributed by atoms with Gasteiger partial charge in [0.15, 0.2) is 0 Å². The number of hydrogen-bond acceptors (Lipinski definition) is 4. The summed E-state index contributed by atoms with van der Waals surface area (Å²) < 4.78 is 5.63. The van der Waals surface area contributed by atoms with Crippen molar-refractivity contribution in [1.82, 2.24) is 5.32 Å². The first kappa shape index (κ1) is 19.5. The van der Waals surface area contributed by atoms with Gasteiger partial charge in [-0.2, -0.15) is 0 Å². The highest BCUT2D eigenvalue weighted by Crippen LogP contribution is 2.25. The van der Waals surface area contributed by atoms with Gasteiger partial charge in [0.1, 0.15) is 5.06 Å². The lowest BCUT2D eigenvalue weighted by Crippen LogP contribution is -2.21. The SMILES string of the molecule is CCCCCCOC(C)(Cl)C/C=C(/C)SC(=O)NC=O. The number of carbonyl (C=O) groups is 2. The van der Waals surface area contributed by atoms with E-state index in [2.05, 4.69) is 12.2 Å². The minimum absolute atomic E-state index is 0.369. The van der Waals surface area contributed by atoms with E-state index in [4.69, 9.17) is 16.3 Å². The van der Waals surface area contributed by atoms with Crippen LogP contribution in [0.4, 0.5) is 4.79 Å². The van der Waals surface area contributed by atoms with Crippen molar-refractivity contribution < 1.29 is 14.3 Å². The van der Waals surface area contributed by atoms with Gasteiger partial charge in [0.25, 0.3) is 5.24 Å². The quantitative estimate of drug-likeness (QED) is 0.367. The Morgan fingerprint density at radius 3 is 2.70 bits per heavy atom. The lowest BCUT2D eigenvalue weighted by molar-refractivity contribution is -0.108. The predicted molar refractivity (Wildman–Crippen MR) is 84.9 cm³/mol. The molecule has 0 aromatic rings. The van der Waals surface area contributed by atoms with E-state index >= 15 is 0 Å². The number of nitrogens with one attached hydrogen (secondary N) is 1. The normalized spacial score (nSPS) is 14.7. The molecule has 0 saturated heterocycles. The molecule has 0 bridgehead atoms. The van der Waals surface area contributed by atoms with Crippen LogP contribution >= 0.6 is 23.4 Å². The van der Waals surface area contributed by atoms with Crippen LogP contribution in [0.3, 0.4) is 0 Å². The summed E-state index contributed by atoms with van der Waals surface area (Å²) in [5.41, 5.74) is 0. The zero-order valence-electron chi connectivity index (χ0n) is 12.4. The lowest BCUT2D eigenvalue weighted by atomic mass is 10.2. The van der Waals surface area contributed by atoms with Gasteiger partial charge in [0.2, 0.25) is 6.41 Å². The van der Waals surface area contributed by atoms with Gasteiger partial charge < -0.3 is 4.74 Å². The molecule has 0 rings (SSSR count). The highest BCUT2D eigenvalue weighted by Gasteiger charge is 2.19. The second kappa shape index (κ2) is 11.2. The molecule has 1 unspecified atom stereocenters. The Bertz CT molecular complexity index is 332. The second-order valence-electron chi connectivity index (χ2n) is 4.68. The van der Waals surface area contributed by atoms with E-state index in [1.54, 1.807) is 6.92 Å². The van der Waals surface area contributed by atoms with Crippen LogP contribution in [-0.2, 0) is 9.53 Å². The Morgan fingerprint density at radius 2 is 2.10 bits per heavy atom. The van der Waals surface area contributed by atoms with Gasteiger partial charge in [-0.25, -0.2) is 0 Å². The number of allylic oxidation sites excluding steroid dienone is 1. The molecule has 116 valence electrons. The van der Waals surface area contributed by atoms with Crippen LogP contribution in [-0.4, -0.2) is 23.3 Å². The molecule has 2 amide bonds. The van der Waals surface area contributed by atoms with Crippen molar-refractivity contribution in [1.29, 1.82) is 0 Å². The maximum absolute atomic E-state index is 11.2. The average molecular weight is 322 g/mol. The molecule has 0 aliphatic carbocycles. The third-order valence-corrected chi connectivity index (χ3v) is 3.64. The standard InChI is InChI=1S/C14H24ClNO3S/c1-4-5-6-7-10-19-14(3,15)9-8-12(2)20-13(18)16-11-17/h8,11H,4-7,9-10H2,1-3H3,(H,16,17,18)/b12-8-. The first-order valence-electron chi connectivity index (χ1n) is 6.83. The first-order valence-corrected chi connectivity index (χ1v) is 8.02. The maximum atomic E-state index is 11.2. The van der Waals surface area contributed by atoms with E-state index in [1.807, 2.05) is 13.0 Å². The number of imide groups is 1. The average Bonchev–Trinajstić information content (AvgIpc) is 2.36. The summed E-state index contributed by atoms with van der Waals surface area (Å²) in [6.07, 6.45) is 7.29. The molecule has 0 aliphatic heterocycles. The zero-order chi connectivity index (χ0) is 15.4. The molecule has 0 aliphatic rings. The molecule has 4 nitrogen and oxygen atoms in total. The van der Waals surface area contributed by atoms with Crippen LogP contribution < -0.4 is 5.32 Å². The predicted octanol–water partition coefficient (Wildman–Crippen LogP) is 4.43. The molecule has 0 radical (unpaired) electrons. The summed E-state index contributed by atoms with van der Waals surface area (Å²) in [5, 5.41) is 0.913. The third-order valence-electron chi connectivity index (χ3n) is 2.59. The smallest absolute Gasteiger partial charge is 0.289 e. The summed E-state index contributed by atoms with van der Waals surface area (Å²) in [6.45, 7) is 6.42. The molecule has 1 N–H and O–H groups in total. The molecule has 0 fully saturated rings.